The third-order valence-electron chi connectivity index (χ3n) is 4.67. The first-order chi connectivity index (χ1) is 13.2. The maximum atomic E-state index is 5.93. The zero-order valence-electron chi connectivity index (χ0n) is 16.5. The van der Waals surface area contributed by atoms with Crippen molar-refractivity contribution in [1.29, 1.82) is 0 Å². The molecule has 1 atom stereocenters. The Hall–Kier alpha value is -1.48. The van der Waals surface area contributed by atoms with Gasteiger partial charge in [0.2, 0.25) is 5.88 Å². The summed E-state index contributed by atoms with van der Waals surface area (Å²) in [5.41, 5.74) is 2.14. The molecular formula is C21H29IN4OS. The number of aliphatic imine (C=N–C) groups is 1. The summed E-state index contributed by atoms with van der Waals surface area (Å²) < 4.78 is 6.23. The average molecular weight is 512 g/mol. The minimum absolute atomic E-state index is 0. The van der Waals surface area contributed by atoms with Crippen LogP contribution in [0.25, 0.3) is 0 Å². The van der Waals surface area contributed by atoms with Crippen molar-refractivity contribution in [3.63, 3.8) is 0 Å². The number of nitrogens with one attached hydrogen (secondary N) is 2. The molecule has 0 radical (unpaired) electrons. The van der Waals surface area contributed by atoms with E-state index in [0.29, 0.717) is 23.8 Å². The fraction of sp³-hybridized carbons (Fsp3) is 0.429. The summed E-state index contributed by atoms with van der Waals surface area (Å²) in [6, 6.07) is 14.1. The molecule has 5 nitrogen and oxygen atoms in total. The zero-order chi connectivity index (χ0) is 19.0. The highest BCUT2D eigenvalue weighted by atomic mass is 127. The second-order valence-electron chi connectivity index (χ2n) is 6.92. The minimum atomic E-state index is 0. The second-order valence-corrected chi connectivity index (χ2v) is 8.61. The Labute approximate surface area is 189 Å². The van der Waals surface area contributed by atoms with Gasteiger partial charge in [-0.1, -0.05) is 36.4 Å². The molecular weight excluding hydrogens is 483 g/mol. The van der Waals surface area contributed by atoms with Crippen molar-refractivity contribution in [2.45, 2.75) is 37.7 Å². The van der Waals surface area contributed by atoms with E-state index in [1.54, 1.807) is 13.2 Å². The molecule has 0 bridgehead atoms. The van der Waals surface area contributed by atoms with Gasteiger partial charge in [0.25, 0.3) is 0 Å². The molecule has 0 saturated carbocycles. The summed E-state index contributed by atoms with van der Waals surface area (Å²) in [5.74, 6) is 2.71. The van der Waals surface area contributed by atoms with Gasteiger partial charge in [0, 0.05) is 36.6 Å². The van der Waals surface area contributed by atoms with E-state index < -0.39 is 0 Å². The van der Waals surface area contributed by atoms with Crippen molar-refractivity contribution >= 4 is 41.7 Å². The molecule has 1 fully saturated rings. The molecule has 152 valence electrons. The monoisotopic (exact) mass is 512 g/mol. The number of pyridine rings is 1. The lowest BCUT2D eigenvalue weighted by atomic mass is 10.1. The SMILES string of the molecule is CN=C(NCc1cccnc1OCc1ccccc1)NCC1(C)CCCS1.I. The van der Waals surface area contributed by atoms with Crippen LogP contribution in [0.2, 0.25) is 0 Å². The molecule has 2 N–H and O–H groups in total. The molecule has 0 aliphatic carbocycles. The lowest BCUT2D eigenvalue weighted by Gasteiger charge is -2.24. The minimum Gasteiger partial charge on any atom is -0.473 e. The van der Waals surface area contributed by atoms with Gasteiger partial charge in [-0.3, -0.25) is 4.99 Å². The lowest BCUT2D eigenvalue weighted by Crippen LogP contribution is -2.43. The molecule has 1 aliphatic rings. The zero-order valence-corrected chi connectivity index (χ0v) is 19.6. The van der Waals surface area contributed by atoms with Crippen LogP contribution in [0.3, 0.4) is 0 Å². The van der Waals surface area contributed by atoms with Gasteiger partial charge in [0.05, 0.1) is 0 Å². The second kappa shape index (κ2) is 11.5. The fourth-order valence-electron chi connectivity index (χ4n) is 3.06. The van der Waals surface area contributed by atoms with E-state index >= 15 is 0 Å². The number of thioether (sulfide) groups is 1. The molecule has 0 amide bonds. The number of hydrogen-bond acceptors (Lipinski definition) is 4. The van der Waals surface area contributed by atoms with E-state index in [0.717, 1.165) is 23.6 Å². The Morgan fingerprint density at radius 1 is 1.21 bits per heavy atom. The smallest absolute Gasteiger partial charge is 0.218 e. The van der Waals surface area contributed by atoms with Crippen LogP contribution in [0, 0.1) is 0 Å². The quantitative estimate of drug-likeness (QED) is 0.331. The largest absolute Gasteiger partial charge is 0.473 e. The molecule has 0 spiro atoms. The van der Waals surface area contributed by atoms with Crippen LogP contribution in [0.1, 0.15) is 30.9 Å². The third-order valence-corrected chi connectivity index (χ3v) is 6.21. The number of ether oxygens (including phenoxy) is 1. The number of halogens is 1. The van der Waals surface area contributed by atoms with Crippen LogP contribution in [0.15, 0.2) is 53.7 Å². The first-order valence-corrected chi connectivity index (χ1v) is 10.4. The van der Waals surface area contributed by atoms with Gasteiger partial charge in [0.15, 0.2) is 5.96 Å². The molecule has 1 saturated heterocycles. The van der Waals surface area contributed by atoms with E-state index in [1.165, 1.54) is 18.6 Å². The van der Waals surface area contributed by atoms with Crippen LogP contribution in [-0.2, 0) is 13.2 Å². The molecule has 7 heteroatoms. The third kappa shape index (κ3) is 6.84. The van der Waals surface area contributed by atoms with Crippen LogP contribution < -0.4 is 15.4 Å². The number of guanidine groups is 1. The van der Waals surface area contributed by atoms with Gasteiger partial charge in [-0.2, -0.15) is 11.8 Å². The standard InChI is InChI=1S/C21H28N4OS.HI/c1-21(11-7-13-27-21)16-25-20(22-2)24-14-18-10-6-12-23-19(18)26-15-17-8-4-3-5-9-17;/h3-6,8-10,12H,7,11,13-16H2,1-2H3,(H2,22,24,25);1H. The molecule has 1 aromatic heterocycles. The Balaban J connectivity index is 0.00000280. The van der Waals surface area contributed by atoms with Crippen molar-refractivity contribution < 1.29 is 4.74 Å². The van der Waals surface area contributed by atoms with Gasteiger partial charge < -0.3 is 15.4 Å². The van der Waals surface area contributed by atoms with Gasteiger partial charge in [0.1, 0.15) is 6.61 Å². The molecule has 28 heavy (non-hydrogen) atoms. The summed E-state index contributed by atoms with van der Waals surface area (Å²) in [6.45, 7) is 4.36. The Morgan fingerprint density at radius 2 is 2.04 bits per heavy atom. The number of hydrogen-bond donors (Lipinski definition) is 2. The number of benzene rings is 1. The van der Waals surface area contributed by atoms with Gasteiger partial charge >= 0.3 is 0 Å². The van der Waals surface area contributed by atoms with E-state index in [1.807, 2.05) is 54.2 Å². The van der Waals surface area contributed by atoms with Gasteiger partial charge in [-0.15, -0.1) is 24.0 Å². The average Bonchev–Trinajstić information content (AvgIpc) is 3.15. The predicted molar refractivity (Wildman–Crippen MR) is 129 cm³/mol. The van der Waals surface area contributed by atoms with Crippen LogP contribution in [0.4, 0.5) is 0 Å². The number of aromatic nitrogens is 1. The first-order valence-electron chi connectivity index (χ1n) is 9.38. The molecule has 2 heterocycles. The summed E-state index contributed by atoms with van der Waals surface area (Å²) in [4.78, 5) is 8.73. The lowest BCUT2D eigenvalue weighted by molar-refractivity contribution is 0.290. The summed E-state index contributed by atoms with van der Waals surface area (Å²) in [7, 11) is 1.80. The Bertz CT molecular complexity index is 751. The topological polar surface area (TPSA) is 58.5 Å². The van der Waals surface area contributed by atoms with Crippen molar-refractivity contribution in [2.24, 2.45) is 4.99 Å². The molecule has 3 rings (SSSR count). The Kier molecular flexibility index (Phi) is 9.37. The molecule has 1 unspecified atom stereocenters. The molecule has 1 aromatic carbocycles. The predicted octanol–water partition coefficient (Wildman–Crippen LogP) is 4.23. The first kappa shape index (κ1) is 22.8. The van der Waals surface area contributed by atoms with E-state index in [4.69, 9.17) is 4.74 Å². The molecule has 2 aromatic rings. The van der Waals surface area contributed by atoms with Crippen LogP contribution in [-0.4, -0.2) is 35.0 Å². The van der Waals surface area contributed by atoms with Crippen LogP contribution in [0.5, 0.6) is 5.88 Å². The highest BCUT2D eigenvalue weighted by Crippen LogP contribution is 2.36. The maximum absolute atomic E-state index is 5.93. The summed E-state index contributed by atoms with van der Waals surface area (Å²) >= 11 is 2.04. The maximum Gasteiger partial charge on any atom is 0.218 e. The van der Waals surface area contributed by atoms with Crippen LogP contribution >= 0.6 is 35.7 Å². The number of rotatable bonds is 7. The van der Waals surface area contributed by atoms with Crippen molar-refractivity contribution in [3.8, 4) is 5.88 Å². The van der Waals surface area contributed by atoms with E-state index in [9.17, 15) is 0 Å². The van der Waals surface area contributed by atoms with Crippen molar-refractivity contribution in [1.82, 2.24) is 15.6 Å². The highest BCUT2D eigenvalue weighted by Gasteiger charge is 2.29. The van der Waals surface area contributed by atoms with Gasteiger partial charge in [-0.05, 0) is 37.1 Å². The van der Waals surface area contributed by atoms with Gasteiger partial charge in [-0.25, -0.2) is 4.98 Å². The molecule has 1 aliphatic heterocycles. The summed E-state index contributed by atoms with van der Waals surface area (Å²) in [5, 5.41) is 6.83. The fourth-order valence-corrected chi connectivity index (χ4v) is 4.31. The van der Waals surface area contributed by atoms with E-state index in [2.05, 4.69) is 27.5 Å². The van der Waals surface area contributed by atoms with Crippen molar-refractivity contribution in [3.05, 3.63) is 59.8 Å². The van der Waals surface area contributed by atoms with E-state index in [-0.39, 0.29) is 24.0 Å². The normalized spacial score (nSPS) is 19.0. The summed E-state index contributed by atoms with van der Waals surface area (Å²) in [6.07, 6.45) is 4.31. The Morgan fingerprint density at radius 3 is 2.75 bits per heavy atom. The number of nitrogens with zero attached hydrogens (tertiary/aromatic N) is 2. The van der Waals surface area contributed by atoms with Crippen molar-refractivity contribution in [2.75, 3.05) is 19.3 Å². The highest BCUT2D eigenvalue weighted by molar-refractivity contribution is 14.0.